The summed E-state index contributed by atoms with van der Waals surface area (Å²) < 4.78 is 2.16. The van der Waals surface area contributed by atoms with Crippen molar-refractivity contribution in [2.75, 3.05) is 0 Å². The first kappa shape index (κ1) is 15.7. The molecule has 0 saturated heterocycles. The van der Waals surface area contributed by atoms with Crippen LogP contribution in [0, 0.1) is 0 Å². The van der Waals surface area contributed by atoms with Gasteiger partial charge in [0.25, 0.3) is 0 Å². The van der Waals surface area contributed by atoms with Crippen LogP contribution in [0.1, 0.15) is 17.0 Å². The van der Waals surface area contributed by atoms with E-state index in [0.717, 1.165) is 44.8 Å². The van der Waals surface area contributed by atoms with Gasteiger partial charge < -0.3 is 9.88 Å². The number of fused-ring (bicyclic) bond motifs is 1. The Bertz CT molecular complexity index is 897. The molecule has 0 spiro atoms. The zero-order valence-electron chi connectivity index (χ0n) is 12.8. The first-order valence-electron chi connectivity index (χ1n) is 7.69. The lowest BCUT2D eigenvalue weighted by atomic mass is 10.2. The van der Waals surface area contributed by atoms with Crippen LogP contribution >= 0.6 is 31.9 Å². The van der Waals surface area contributed by atoms with Crippen molar-refractivity contribution in [2.24, 2.45) is 0 Å². The maximum Gasteiger partial charge on any atom is 0.138 e. The number of nitrogens with zero attached hydrogens (tertiary/aromatic N) is 2. The highest BCUT2D eigenvalue weighted by atomic mass is 79.9. The molecule has 0 radical (unpaired) electrons. The van der Waals surface area contributed by atoms with Gasteiger partial charge in [-0.2, -0.15) is 0 Å². The topological polar surface area (TPSA) is 31.9 Å². The number of imidazole rings is 1. The van der Waals surface area contributed by atoms with E-state index < -0.39 is 0 Å². The van der Waals surface area contributed by atoms with Gasteiger partial charge in [0.05, 0.1) is 17.9 Å². The summed E-state index contributed by atoms with van der Waals surface area (Å²) in [5.41, 5.74) is 4.56. The first-order valence-corrected chi connectivity index (χ1v) is 9.27. The monoisotopic (exact) mass is 443 g/mol. The Balaban J connectivity index is 1.54. The van der Waals surface area contributed by atoms with Crippen LogP contribution < -0.4 is 0 Å². The molecule has 4 rings (SSSR count). The second-order valence-electron chi connectivity index (χ2n) is 5.81. The molecule has 1 N–H and O–H groups in total. The summed E-state index contributed by atoms with van der Waals surface area (Å²) in [5, 5.41) is 0. The zero-order chi connectivity index (χ0) is 16.5. The fourth-order valence-corrected chi connectivity index (χ4v) is 3.48. The molecule has 0 fully saturated rings. The second kappa shape index (κ2) is 6.57. The van der Waals surface area contributed by atoms with E-state index in [0.29, 0.717) is 0 Å². The van der Waals surface area contributed by atoms with E-state index in [2.05, 4.69) is 90.4 Å². The van der Waals surface area contributed by atoms with E-state index in [1.165, 1.54) is 5.56 Å². The first-order chi connectivity index (χ1) is 11.7. The third-order valence-electron chi connectivity index (χ3n) is 4.01. The Kier molecular flexibility index (Phi) is 4.29. The van der Waals surface area contributed by atoms with Gasteiger partial charge in [-0.15, -0.1) is 0 Å². The molecule has 2 aromatic carbocycles. The van der Waals surface area contributed by atoms with Crippen molar-refractivity contribution >= 4 is 37.9 Å². The fourth-order valence-electron chi connectivity index (χ4n) is 2.82. The second-order valence-corrected chi connectivity index (χ2v) is 7.64. The Morgan fingerprint density at radius 1 is 1.04 bits per heavy atom. The van der Waals surface area contributed by atoms with Crippen molar-refractivity contribution in [1.29, 1.82) is 0 Å². The number of halogens is 2. The van der Waals surface area contributed by atoms with Crippen molar-refractivity contribution in [2.45, 2.75) is 13.1 Å². The van der Waals surface area contributed by atoms with Gasteiger partial charge in [0, 0.05) is 27.3 Å². The lowest BCUT2D eigenvalue weighted by Crippen LogP contribution is -2.19. The third-order valence-corrected chi connectivity index (χ3v) is 5.03. The molecular formula is C19H15Br2N3. The van der Waals surface area contributed by atoms with Crippen LogP contribution in [0.25, 0.3) is 17.5 Å². The predicted molar refractivity (Wildman–Crippen MR) is 104 cm³/mol. The lowest BCUT2D eigenvalue weighted by Gasteiger charge is -2.23. The van der Waals surface area contributed by atoms with Gasteiger partial charge in [0.2, 0.25) is 0 Å². The van der Waals surface area contributed by atoms with Crippen molar-refractivity contribution < 1.29 is 0 Å². The number of aromatic amines is 1. The molecule has 0 aliphatic carbocycles. The zero-order valence-corrected chi connectivity index (χ0v) is 16.0. The smallest absolute Gasteiger partial charge is 0.138 e. The van der Waals surface area contributed by atoms with E-state index in [9.17, 15) is 0 Å². The maximum absolute atomic E-state index is 4.72. The van der Waals surface area contributed by atoms with Gasteiger partial charge in [-0.1, -0.05) is 56.1 Å². The standard InChI is InChI=1S/C19H15Br2N3/c20-15-6-4-13(5-7-15)11-24-9-8-17-18(12-24)23-19(22-17)14-2-1-3-16(21)10-14/h1-10H,11-12H2,(H,22,23). The van der Waals surface area contributed by atoms with Gasteiger partial charge in [-0.05, 0) is 35.9 Å². The van der Waals surface area contributed by atoms with E-state index >= 15 is 0 Å². The highest BCUT2D eigenvalue weighted by Crippen LogP contribution is 2.26. The largest absolute Gasteiger partial charge is 0.367 e. The molecule has 3 aromatic rings. The Hall–Kier alpha value is -1.85. The van der Waals surface area contributed by atoms with Crippen LogP contribution in [0.2, 0.25) is 0 Å². The number of H-pyrrole nitrogens is 1. The summed E-state index contributed by atoms with van der Waals surface area (Å²) in [6.07, 6.45) is 4.20. The van der Waals surface area contributed by atoms with Crippen molar-refractivity contribution in [3.8, 4) is 11.4 Å². The van der Waals surface area contributed by atoms with E-state index in [4.69, 9.17) is 4.98 Å². The number of hydrogen-bond acceptors (Lipinski definition) is 2. The molecule has 0 saturated carbocycles. The summed E-state index contributed by atoms with van der Waals surface area (Å²) >= 11 is 6.99. The molecule has 120 valence electrons. The lowest BCUT2D eigenvalue weighted by molar-refractivity contribution is 0.355. The van der Waals surface area contributed by atoms with Crippen molar-refractivity contribution in [3.63, 3.8) is 0 Å². The molecule has 1 aliphatic heterocycles. The van der Waals surface area contributed by atoms with Crippen LogP contribution in [-0.4, -0.2) is 14.9 Å². The predicted octanol–water partition coefficient (Wildman–Crippen LogP) is 5.59. The summed E-state index contributed by atoms with van der Waals surface area (Å²) in [7, 11) is 0. The van der Waals surface area contributed by atoms with Gasteiger partial charge in [-0.3, -0.25) is 0 Å². The summed E-state index contributed by atoms with van der Waals surface area (Å²) in [4.78, 5) is 10.5. The average Bonchev–Trinajstić information content (AvgIpc) is 3.00. The molecular weight excluding hydrogens is 430 g/mol. The van der Waals surface area contributed by atoms with Crippen molar-refractivity contribution in [3.05, 3.63) is 80.6 Å². The third kappa shape index (κ3) is 3.32. The van der Waals surface area contributed by atoms with Crippen LogP contribution in [0.5, 0.6) is 0 Å². The van der Waals surface area contributed by atoms with Crippen LogP contribution in [0.3, 0.4) is 0 Å². The highest BCUT2D eigenvalue weighted by Gasteiger charge is 2.16. The molecule has 0 amide bonds. The Morgan fingerprint density at radius 2 is 1.88 bits per heavy atom. The molecule has 3 nitrogen and oxygen atoms in total. The minimum atomic E-state index is 0.836. The summed E-state index contributed by atoms with van der Waals surface area (Å²) in [6, 6.07) is 16.6. The minimum Gasteiger partial charge on any atom is -0.367 e. The highest BCUT2D eigenvalue weighted by molar-refractivity contribution is 9.10. The molecule has 2 heterocycles. The fraction of sp³-hybridized carbons (Fsp3) is 0.105. The van der Waals surface area contributed by atoms with Crippen molar-refractivity contribution in [1.82, 2.24) is 14.9 Å². The maximum atomic E-state index is 4.72. The van der Waals surface area contributed by atoms with Gasteiger partial charge >= 0.3 is 0 Å². The molecule has 0 atom stereocenters. The Morgan fingerprint density at radius 3 is 2.67 bits per heavy atom. The summed E-state index contributed by atoms with van der Waals surface area (Å²) in [5.74, 6) is 0.913. The molecule has 1 aromatic heterocycles. The molecule has 1 aliphatic rings. The van der Waals surface area contributed by atoms with Gasteiger partial charge in [0.1, 0.15) is 5.82 Å². The average molecular weight is 445 g/mol. The van der Waals surface area contributed by atoms with Gasteiger partial charge in [-0.25, -0.2) is 4.98 Å². The molecule has 24 heavy (non-hydrogen) atoms. The van der Waals surface area contributed by atoms with Crippen LogP contribution in [0.4, 0.5) is 0 Å². The van der Waals surface area contributed by atoms with E-state index in [1.54, 1.807) is 0 Å². The number of rotatable bonds is 3. The van der Waals surface area contributed by atoms with Crippen LogP contribution in [-0.2, 0) is 13.1 Å². The van der Waals surface area contributed by atoms with E-state index in [-0.39, 0.29) is 0 Å². The minimum absolute atomic E-state index is 0.836. The quantitative estimate of drug-likeness (QED) is 0.571. The number of nitrogens with one attached hydrogen (secondary N) is 1. The molecule has 0 bridgehead atoms. The normalized spacial score (nSPS) is 13.2. The van der Waals surface area contributed by atoms with Gasteiger partial charge in [0.15, 0.2) is 0 Å². The molecule has 0 unspecified atom stereocenters. The number of aromatic nitrogens is 2. The SMILES string of the molecule is Brc1ccc(CN2C=Cc3nc(-c4cccc(Br)c4)[nH]c3C2)cc1. The van der Waals surface area contributed by atoms with Crippen LogP contribution in [0.15, 0.2) is 63.7 Å². The van der Waals surface area contributed by atoms with E-state index in [1.807, 2.05) is 12.1 Å². The Labute approximate surface area is 157 Å². The number of hydrogen-bond donors (Lipinski definition) is 1. The summed E-state index contributed by atoms with van der Waals surface area (Å²) in [6.45, 7) is 1.72. The number of benzene rings is 2. The molecule has 5 heteroatoms.